The molecule has 0 unspecified atom stereocenters. The van der Waals surface area contributed by atoms with Gasteiger partial charge >= 0.3 is 0 Å². The molecule has 0 spiro atoms. The maximum atomic E-state index is 11.3. The lowest BCUT2D eigenvalue weighted by Gasteiger charge is -2.06. The number of ether oxygens (including phenoxy) is 1. The second-order valence-corrected chi connectivity index (χ2v) is 4.67. The van der Waals surface area contributed by atoms with E-state index in [4.69, 9.17) is 10.5 Å². The van der Waals surface area contributed by atoms with Crippen LogP contribution in [0.4, 0.5) is 0 Å². The minimum Gasteiger partial charge on any atom is -0.382 e. The normalized spacial score (nSPS) is 14.9. The first-order valence-corrected chi connectivity index (χ1v) is 6.52. The average Bonchev–Trinajstić information content (AvgIpc) is 3.05. The quantitative estimate of drug-likeness (QED) is 0.692. The molecule has 1 aromatic heterocycles. The van der Waals surface area contributed by atoms with Gasteiger partial charge in [0.1, 0.15) is 0 Å². The Bertz CT molecular complexity index is 412. The summed E-state index contributed by atoms with van der Waals surface area (Å²) in [7, 11) is 0. The number of carbonyl (C=O) groups is 1. The Morgan fingerprint density at radius 3 is 2.94 bits per heavy atom. The van der Waals surface area contributed by atoms with Crippen LogP contribution in [0.15, 0.2) is 0 Å². The predicted octanol–water partition coefficient (Wildman–Crippen LogP) is 0.756. The summed E-state index contributed by atoms with van der Waals surface area (Å²) in [6.45, 7) is 4.12. The predicted molar refractivity (Wildman–Crippen MR) is 66.1 cm³/mol. The number of rotatable bonds is 8. The van der Waals surface area contributed by atoms with E-state index < -0.39 is 5.91 Å². The molecule has 0 saturated heterocycles. The van der Waals surface area contributed by atoms with E-state index in [1.165, 1.54) is 12.8 Å². The Morgan fingerprint density at radius 2 is 2.33 bits per heavy atom. The van der Waals surface area contributed by atoms with E-state index in [0.29, 0.717) is 18.2 Å². The Morgan fingerprint density at radius 1 is 1.56 bits per heavy atom. The molecule has 100 valence electrons. The number of amides is 1. The fourth-order valence-electron chi connectivity index (χ4n) is 1.96. The molecule has 1 aromatic rings. The number of primary amides is 1. The monoisotopic (exact) mass is 252 g/mol. The van der Waals surface area contributed by atoms with Gasteiger partial charge in [-0.3, -0.25) is 4.79 Å². The van der Waals surface area contributed by atoms with Gasteiger partial charge in [-0.1, -0.05) is 5.21 Å². The van der Waals surface area contributed by atoms with Crippen molar-refractivity contribution < 1.29 is 9.53 Å². The zero-order valence-electron chi connectivity index (χ0n) is 10.8. The molecule has 1 aliphatic carbocycles. The molecule has 2 rings (SSSR count). The number of carbonyl (C=O) groups excluding carboxylic acids is 1. The highest BCUT2D eigenvalue weighted by Crippen LogP contribution is 2.33. The molecule has 0 atom stereocenters. The van der Waals surface area contributed by atoms with Gasteiger partial charge < -0.3 is 10.5 Å². The topological polar surface area (TPSA) is 83.0 Å². The molecule has 1 fully saturated rings. The number of hydrogen-bond donors (Lipinski definition) is 1. The summed E-state index contributed by atoms with van der Waals surface area (Å²) in [5.74, 6) is 0.189. The van der Waals surface area contributed by atoms with E-state index in [-0.39, 0.29) is 0 Å². The van der Waals surface area contributed by atoms with Gasteiger partial charge in [-0.2, -0.15) is 0 Å². The first kappa shape index (κ1) is 13.0. The van der Waals surface area contributed by atoms with Gasteiger partial charge in [0.25, 0.3) is 5.91 Å². The minimum atomic E-state index is -0.485. The molecule has 1 saturated carbocycles. The lowest BCUT2D eigenvalue weighted by molar-refractivity contribution is 0.0994. The van der Waals surface area contributed by atoms with E-state index >= 15 is 0 Å². The van der Waals surface area contributed by atoms with Crippen molar-refractivity contribution in [3.05, 3.63) is 11.4 Å². The van der Waals surface area contributed by atoms with Crippen LogP contribution < -0.4 is 5.73 Å². The SMILES string of the molecule is CCOCCCn1nnc(C(N)=O)c1CC1CC1. The van der Waals surface area contributed by atoms with E-state index in [1.54, 1.807) is 4.68 Å². The largest absolute Gasteiger partial charge is 0.382 e. The third kappa shape index (κ3) is 3.29. The molecule has 0 aliphatic heterocycles. The van der Waals surface area contributed by atoms with Gasteiger partial charge in [0, 0.05) is 19.8 Å². The molecule has 6 nitrogen and oxygen atoms in total. The lowest BCUT2D eigenvalue weighted by Crippen LogP contribution is -2.16. The summed E-state index contributed by atoms with van der Waals surface area (Å²) >= 11 is 0. The molecule has 1 aliphatic rings. The summed E-state index contributed by atoms with van der Waals surface area (Å²) in [5, 5.41) is 7.92. The Hall–Kier alpha value is -1.43. The third-order valence-electron chi connectivity index (χ3n) is 3.11. The van der Waals surface area contributed by atoms with Crippen LogP contribution in [0, 0.1) is 5.92 Å². The van der Waals surface area contributed by atoms with Crippen LogP contribution in [0.25, 0.3) is 0 Å². The number of hydrogen-bond acceptors (Lipinski definition) is 4. The molecular weight excluding hydrogens is 232 g/mol. The van der Waals surface area contributed by atoms with Crippen LogP contribution in [0.1, 0.15) is 42.4 Å². The number of nitrogens with two attached hydrogens (primary N) is 1. The molecule has 1 heterocycles. The average molecular weight is 252 g/mol. The summed E-state index contributed by atoms with van der Waals surface area (Å²) in [5.41, 5.74) is 6.54. The van der Waals surface area contributed by atoms with Gasteiger partial charge in [0.15, 0.2) is 5.69 Å². The van der Waals surface area contributed by atoms with Crippen LogP contribution in [0.5, 0.6) is 0 Å². The highest BCUT2D eigenvalue weighted by atomic mass is 16.5. The Balaban J connectivity index is 2.00. The second-order valence-electron chi connectivity index (χ2n) is 4.67. The van der Waals surface area contributed by atoms with Crippen LogP contribution in [-0.2, 0) is 17.7 Å². The van der Waals surface area contributed by atoms with E-state index in [9.17, 15) is 4.79 Å². The third-order valence-corrected chi connectivity index (χ3v) is 3.11. The van der Waals surface area contributed by atoms with Crippen molar-refractivity contribution in [1.29, 1.82) is 0 Å². The molecule has 1 amide bonds. The van der Waals surface area contributed by atoms with Crippen LogP contribution in [-0.4, -0.2) is 34.1 Å². The zero-order chi connectivity index (χ0) is 13.0. The molecule has 18 heavy (non-hydrogen) atoms. The molecular formula is C12H20N4O2. The van der Waals surface area contributed by atoms with Gasteiger partial charge in [0.2, 0.25) is 0 Å². The first-order valence-electron chi connectivity index (χ1n) is 6.52. The van der Waals surface area contributed by atoms with Crippen LogP contribution in [0.2, 0.25) is 0 Å². The summed E-state index contributed by atoms with van der Waals surface area (Å²) < 4.78 is 7.09. The summed E-state index contributed by atoms with van der Waals surface area (Å²) in [6, 6.07) is 0. The highest BCUT2D eigenvalue weighted by Gasteiger charge is 2.27. The van der Waals surface area contributed by atoms with Crippen molar-refractivity contribution in [2.24, 2.45) is 11.7 Å². The Kier molecular flexibility index (Phi) is 4.30. The van der Waals surface area contributed by atoms with E-state index in [0.717, 1.165) is 31.7 Å². The fourth-order valence-corrected chi connectivity index (χ4v) is 1.96. The molecule has 0 aromatic carbocycles. The summed E-state index contributed by atoms with van der Waals surface area (Å²) in [6.07, 6.45) is 4.18. The highest BCUT2D eigenvalue weighted by molar-refractivity contribution is 5.91. The van der Waals surface area contributed by atoms with E-state index in [1.807, 2.05) is 6.92 Å². The van der Waals surface area contributed by atoms with Crippen molar-refractivity contribution in [1.82, 2.24) is 15.0 Å². The van der Waals surface area contributed by atoms with Crippen molar-refractivity contribution in [3.63, 3.8) is 0 Å². The second kappa shape index (κ2) is 5.95. The van der Waals surface area contributed by atoms with Crippen molar-refractivity contribution in [2.75, 3.05) is 13.2 Å². The lowest BCUT2D eigenvalue weighted by atomic mass is 10.1. The minimum absolute atomic E-state index is 0.332. The van der Waals surface area contributed by atoms with Crippen molar-refractivity contribution in [3.8, 4) is 0 Å². The number of aromatic nitrogens is 3. The first-order chi connectivity index (χ1) is 8.72. The van der Waals surface area contributed by atoms with Crippen LogP contribution >= 0.6 is 0 Å². The molecule has 0 bridgehead atoms. The van der Waals surface area contributed by atoms with Gasteiger partial charge in [-0.15, -0.1) is 5.10 Å². The van der Waals surface area contributed by atoms with Gasteiger partial charge in [0.05, 0.1) is 5.69 Å². The maximum Gasteiger partial charge on any atom is 0.271 e. The van der Waals surface area contributed by atoms with Gasteiger partial charge in [-0.05, 0) is 38.5 Å². The molecule has 0 radical (unpaired) electrons. The van der Waals surface area contributed by atoms with Crippen molar-refractivity contribution >= 4 is 5.91 Å². The number of nitrogens with zero attached hydrogens (tertiary/aromatic N) is 3. The summed E-state index contributed by atoms with van der Waals surface area (Å²) in [4.78, 5) is 11.3. The smallest absolute Gasteiger partial charge is 0.271 e. The van der Waals surface area contributed by atoms with Crippen molar-refractivity contribution in [2.45, 2.75) is 39.2 Å². The number of aryl methyl sites for hydroxylation is 1. The fraction of sp³-hybridized carbons (Fsp3) is 0.750. The Labute approximate surface area is 106 Å². The molecule has 6 heteroatoms. The maximum absolute atomic E-state index is 11.3. The van der Waals surface area contributed by atoms with Gasteiger partial charge in [-0.25, -0.2) is 4.68 Å². The van der Waals surface area contributed by atoms with Crippen LogP contribution in [0.3, 0.4) is 0 Å². The van der Waals surface area contributed by atoms with E-state index in [2.05, 4.69) is 10.3 Å². The standard InChI is InChI=1S/C12H20N4O2/c1-2-18-7-3-6-16-10(8-9-4-5-9)11(12(13)17)14-15-16/h9H,2-8H2,1H3,(H2,13,17). The zero-order valence-corrected chi connectivity index (χ0v) is 10.8. The molecule has 2 N–H and O–H groups in total.